The molecule has 3 aromatic carbocycles. The molecule has 0 spiro atoms. The molecule has 0 aliphatic carbocycles. The van der Waals surface area contributed by atoms with Gasteiger partial charge >= 0.3 is 5.97 Å². The van der Waals surface area contributed by atoms with E-state index < -0.39 is 6.04 Å². The molecule has 0 radical (unpaired) electrons. The molecule has 3 aliphatic heterocycles. The van der Waals surface area contributed by atoms with Gasteiger partial charge in [-0.2, -0.15) is 0 Å². The molecule has 33 heavy (non-hydrogen) atoms. The minimum absolute atomic E-state index is 0.0325. The number of nitrogens with zero attached hydrogens (tertiary/aromatic N) is 1. The number of quaternary nitrogens is 1. The van der Waals surface area contributed by atoms with Crippen LogP contribution in [0.4, 0.5) is 5.69 Å². The fraction of sp³-hybridized carbons (Fsp3) is 0.345. The third kappa shape index (κ3) is 4.53. The zero-order chi connectivity index (χ0) is 22.7. The Labute approximate surface area is 196 Å². The Morgan fingerprint density at radius 3 is 2.00 bits per heavy atom. The van der Waals surface area contributed by atoms with E-state index in [4.69, 9.17) is 4.74 Å². The summed E-state index contributed by atoms with van der Waals surface area (Å²) in [4.78, 5) is 13.5. The van der Waals surface area contributed by atoms with E-state index >= 15 is 0 Å². The van der Waals surface area contributed by atoms with Crippen LogP contribution in [0, 0.1) is 5.92 Å². The summed E-state index contributed by atoms with van der Waals surface area (Å²) in [7, 11) is 0. The van der Waals surface area contributed by atoms with Gasteiger partial charge < -0.3 is 14.5 Å². The highest BCUT2D eigenvalue weighted by Gasteiger charge is 2.50. The van der Waals surface area contributed by atoms with Crippen LogP contribution in [0.5, 0.6) is 0 Å². The summed E-state index contributed by atoms with van der Waals surface area (Å²) in [5, 5.41) is 3.41. The predicted octanol–water partition coefficient (Wildman–Crippen LogP) is 5.75. The number of rotatable bonds is 7. The molecule has 0 amide bonds. The lowest BCUT2D eigenvalue weighted by Crippen LogP contribution is -2.65. The summed E-state index contributed by atoms with van der Waals surface area (Å²) in [6.45, 7) is 5.57. The highest BCUT2D eigenvalue weighted by molar-refractivity contribution is 5.81. The lowest BCUT2D eigenvalue weighted by molar-refractivity contribution is -0.972. The quantitative estimate of drug-likeness (QED) is 0.375. The SMILES string of the molecule is CC(c1ccccc1)[N+]12CCC(CC1)[C@@H](OC(=O)C(Nc1ccccc1)c1ccccc1)C2. The summed E-state index contributed by atoms with van der Waals surface area (Å²) in [5.74, 6) is 0.277. The third-order valence-electron chi connectivity index (χ3n) is 7.78. The van der Waals surface area contributed by atoms with Gasteiger partial charge in [0.15, 0.2) is 12.1 Å². The standard InChI is InChI=1S/C29H33N2O2/c1-22(23-11-5-2-6-12-23)31-19-17-24(18-20-31)27(21-31)33-29(32)28(25-13-7-3-8-14-25)30-26-15-9-4-10-16-26/h2-16,22,24,27-28,30H,17-21H2,1H3/q+1/t22?,24?,27-,28?,31?/m0/s1. The van der Waals surface area contributed by atoms with Crippen LogP contribution in [0.1, 0.15) is 43.0 Å². The lowest BCUT2D eigenvalue weighted by atomic mass is 9.81. The Morgan fingerprint density at radius 2 is 1.39 bits per heavy atom. The molecule has 2 unspecified atom stereocenters. The average Bonchev–Trinajstić information content (AvgIpc) is 2.89. The minimum atomic E-state index is -0.524. The van der Waals surface area contributed by atoms with Gasteiger partial charge in [-0.15, -0.1) is 0 Å². The maximum Gasteiger partial charge on any atom is 0.333 e. The second-order valence-electron chi connectivity index (χ2n) is 9.60. The second kappa shape index (κ2) is 9.40. The molecule has 1 N–H and O–H groups in total. The molecular weight excluding hydrogens is 408 g/mol. The molecule has 6 rings (SSSR count). The molecule has 3 aliphatic rings. The monoisotopic (exact) mass is 441 g/mol. The van der Waals surface area contributed by atoms with Crippen LogP contribution in [0.15, 0.2) is 91.0 Å². The number of carbonyl (C=O) groups is 1. The zero-order valence-electron chi connectivity index (χ0n) is 19.3. The van der Waals surface area contributed by atoms with E-state index in [-0.39, 0.29) is 12.1 Å². The number of hydrogen-bond donors (Lipinski definition) is 1. The van der Waals surface area contributed by atoms with Crippen molar-refractivity contribution in [1.29, 1.82) is 0 Å². The van der Waals surface area contributed by atoms with Crippen molar-refractivity contribution >= 4 is 11.7 Å². The van der Waals surface area contributed by atoms with Gasteiger partial charge in [0.05, 0.1) is 13.1 Å². The van der Waals surface area contributed by atoms with Gasteiger partial charge in [0.1, 0.15) is 12.6 Å². The molecule has 4 heteroatoms. The fourth-order valence-corrected chi connectivity index (χ4v) is 5.73. The summed E-state index contributed by atoms with van der Waals surface area (Å²) in [6, 6.07) is 30.5. The van der Waals surface area contributed by atoms with Gasteiger partial charge in [-0.3, -0.25) is 0 Å². The van der Waals surface area contributed by atoms with Gasteiger partial charge in [0.2, 0.25) is 0 Å². The van der Waals surface area contributed by atoms with Crippen molar-refractivity contribution in [3.05, 3.63) is 102 Å². The van der Waals surface area contributed by atoms with Crippen molar-refractivity contribution < 1.29 is 14.0 Å². The number of para-hydroxylation sites is 1. The highest BCUT2D eigenvalue weighted by atomic mass is 16.5. The first-order chi connectivity index (χ1) is 16.1. The van der Waals surface area contributed by atoms with Crippen LogP contribution in [-0.4, -0.2) is 36.2 Å². The van der Waals surface area contributed by atoms with Gasteiger partial charge in [-0.25, -0.2) is 4.79 Å². The summed E-state index contributed by atoms with van der Waals surface area (Å²) in [5.41, 5.74) is 3.21. The van der Waals surface area contributed by atoms with Gasteiger partial charge in [-0.05, 0) is 24.6 Å². The van der Waals surface area contributed by atoms with Crippen LogP contribution >= 0.6 is 0 Å². The highest BCUT2D eigenvalue weighted by Crippen LogP contribution is 2.42. The van der Waals surface area contributed by atoms with Crippen LogP contribution in [-0.2, 0) is 9.53 Å². The molecule has 3 fully saturated rings. The van der Waals surface area contributed by atoms with Gasteiger partial charge in [0, 0.05) is 30.0 Å². The normalized spacial score (nSPS) is 25.7. The number of nitrogens with one attached hydrogen (secondary N) is 1. The molecule has 3 saturated heterocycles. The zero-order valence-corrected chi connectivity index (χ0v) is 19.3. The Bertz CT molecular complexity index is 1050. The average molecular weight is 442 g/mol. The summed E-state index contributed by atoms with van der Waals surface area (Å²) < 4.78 is 7.32. The Balaban J connectivity index is 1.35. The van der Waals surface area contributed by atoms with Crippen LogP contribution in [0.25, 0.3) is 0 Å². The summed E-state index contributed by atoms with van der Waals surface area (Å²) in [6.07, 6.45) is 2.21. The van der Waals surface area contributed by atoms with E-state index in [0.29, 0.717) is 12.0 Å². The molecule has 0 aromatic heterocycles. The smallest absolute Gasteiger partial charge is 0.333 e. The number of esters is 1. The molecule has 170 valence electrons. The number of piperidine rings is 3. The topological polar surface area (TPSA) is 38.3 Å². The molecule has 3 aromatic rings. The lowest BCUT2D eigenvalue weighted by Gasteiger charge is -2.55. The first-order valence-electron chi connectivity index (χ1n) is 12.1. The Hall–Kier alpha value is -3.11. The predicted molar refractivity (Wildman–Crippen MR) is 132 cm³/mol. The molecule has 4 nitrogen and oxygen atoms in total. The second-order valence-corrected chi connectivity index (χ2v) is 9.60. The van der Waals surface area contributed by atoms with E-state index in [2.05, 4.69) is 42.6 Å². The van der Waals surface area contributed by atoms with E-state index in [1.807, 2.05) is 60.7 Å². The number of fused-ring (bicyclic) bond motifs is 3. The Kier molecular flexibility index (Phi) is 6.19. The van der Waals surface area contributed by atoms with Crippen LogP contribution in [0.2, 0.25) is 0 Å². The first-order valence-corrected chi connectivity index (χ1v) is 12.1. The molecular formula is C29H33N2O2+. The number of ether oxygens (including phenoxy) is 1. The van der Waals surface area contributed by atoms with Crippen molar-refractivity contribution in [3.63, 3.8) is 0 Å². The van der Waals surface area contributed by atoms with Crippen molar-refractivity contribution in [3.8, 4) is 0 Å². The summed E-state index contributed by atoms with van der Waals surface area (Å²) >= 11 is 0. The maximum absolute atomic E-state index is 13.5. The van der Waals surface area contributed by atoms with E-state index in [1.165, 1.54) is 18.7 Å². The number of hydrogen-bond acceptors (Lipinski definition) is 3. The number of anilines is 1. The van der Waals surface area contributed by atoms with Crippen molar-refractivity contribution in [2.45, 2.75) is 38.0 Å². The minimum Gasteiger partial charge on any atom is -0.454 e. The van der Waals surface area contributed by atoms with E-state index in [9.17, 15) is 4.79 Å². The van der Waals surface area contributed by atoms with Crippen LogP contribution < -0.4 is 5.32 Å². The van der Waals surface area contributed by atoms with Gasteiger partial charge in [0.25, 0.3) is 0 Å². The first kappa shape index (κ1) is 21.7. The Morgan fingerprint density at radius 1 is 0.848 bits per heavy atom. The number of carbonyl (C=O) groups excluding carboxylic acids is 1. The maximum atomic E-state index is 13.5. The molecule has 0 saturated carbocycles. The van der Waals surface area contributed by atoms with E-state index in [0.717, 1.165) is 35.1 Å². The van der Waals surface area contributed by atoms with E-state index in [1.54, 1.807) is 0 Å². The largest absolute Gasteiger partial charge is 0.454 e. The molecule has 2 bridgehead atoms. The van der Waals surface area contributed by atoms with Crippen LogP contribution in [0.3, 0.4) is 0 Å². The molecule has 3 atom stereocenters. The fourth-order valence-electron chi connectivity index (χ4n) is 5.73. The van der Waals surface area contributed by atoms with Crippen molar-refractivity contribution in [1.82, 2.24) is 0 Å². The third-order valence-corrected chi connectivity index (χ3v) is 7.78. The van der Waals surface area contributed by atoms with Crippen molar-refractivity contribution in [2.24, 2.45) is 5.92 Å². The molecule has 3 heterocycles. The number of benzene rings is 3. The van der Waals surface area contributed by atoms with Gasteiger partial charge in [-0.1, -0.05) is 78.9 Å². The van der Waals surface area contributed by atoms with Crippen molar-refractivity contribution in [2.75, 3.05) is 25.0 Å².